The van der Waals surface area contributed by atoms with Gasteiger partial charge < -0.3 is 10.4 Å². The van der Waals surface area contributed by atoms with Crippen LogP contribution in [0.2, 0.25) is 0 Å². The highest BCUT2D eigenvalue weighted by Gasteiger charge is 2.00. The van der Waals surface area contributed by atoms with E-state index in [2.05, 4.69) is 42.5 Å². The van der Waals surface area contributed by atoms with Gasteiger partial charge in [-0.15, -0.1) is 0 Å². The Labute approximate surface area is 107 Å². The molecule has 0 bridgehead atoms. The third-order valence-corrected chi connectivity index (χ3v) is 2.72. The van der Waals surface area contributed by atoms with Gasteiger partial charge in [0.25, 0.3) is 0 Å². The molecule has 4 nitrogen and oxygen atoms in total. The van der Waals surface area contributed by atoms with E-state index < -0.39 is 0 Å². The molecule has 2 aromatic rings. The first kappa shape index (κ1) is 12.6. The molecule has 0 aliphatic carbocycles. The van der Waals surface area contributed by atoms with Gasteiger partial charge in [0.15, 0.2) is 0 Å². The van der Waals surface area contributed by atoms with E-state index in [9.17, 15) is 0 Å². The van der Waals surface area contributed by atoms with E-state index in [1.54, 1.807) is 4.68 Å². The van der Waals surface area contributed by atoms with Crippen molar-refractivity contribution in [2.75, 3.05) is 11.9 Å². The number of anilines is 1. The summed E-state index contributed by atoms with van der Waals surface area (Å²) in [5.41, 5.74) is 3.81. The van der Waals surface area contributed by atoms with Gasteiger partial charge in [0.1, 0.15) is 5.82 Å². The fourth-order valence-electron chi connectivity index (χ4n) is 2.05. The summed E-state index contributed by atoms with van der Waals surface area (Å²) in [5.74, 6) is 0.836. The first-order valence-electron chi connectivity index (χ1n) is 6.13. The van der Waals surface area contributed by atoms with Crippen molar-refractivity contribution in [1.29, 1.82) is 0 Å². The molecule has 0 saturated heterocycles. The summed E-state index contributed by atoms with van der Waals surface area (Å²) in [6.07, 6.45) is 1.86. The van der Waals surface area contributed by atoms with Gasteiger partial charge in [-0.25, -0.2) is 0 Å². The lowest BCUT2D eigenvalue weighted by Gasteiger charge is -2.06. The van der Waals surface area contributed by atoms with Crippen molar-refractivity contribution in [3.63, 3.8) is 0 Å². The normalized spacial score (nSPS) is 10.6. The molecule has 1 heterocycles. The van der Waals surface area contributed by atoms with Crippen molar-refractivity contribution in [3.05, 3.63) is 47.2 Å². The average Bonchev–Trinajstić information content (AvgIpc) is 2.74. The maximum absolute atomic E-state index is 8.82. The van der Waals surface area contributed by atoms with Gasteiger partial charge in [-0.2, -0.15) is 5.10 Å². The van der Waals surface area contributed by atoms with Crippen LogP contribution in [0, 0.1) is 13.8 Å². The van der Waals surface area contributed by atoms with Crippen molar-refractivity contribution >= 4 is 5.82 Å². The quantitative estimate of drug-likeness (QED) is 0.848. The molecule has 4 heteroatoms. The van der Waals surface area contributed by atoms with Crippen LogP contribution in [0.1, 0.15) is 16.7 Å². The number of nitrogens with zero attached hydrogens (tertiary/aromatic N) is 2. The van der Waals surface area contributed by atoms with Gasteiger partial charge in [-0.05, 0) is 19.4 Å². The second-order valence-electron chi connectivity index (χ2n) is 4.54. The van der Waals surface area contributed by atoms with Gasteiger partial charge in [0.05, 0.1) is 13.2 Å². The molecule has 1 aromatic carbocycles. The number of nitrogens with one attached hydrogen (secondary N) is 1. The number of aliphatic hydroxyl groups excluding tert-OH is 1. The summed E-state index contributed by atoms with van der Waals surface area (Å²) in [7, 11) is 0. The van der Waals surface area contributed by atoms with Gasteiger partial charge in [-0.3, -0.25) is 4.68 Å². The molecule has 0 unspecified atom stereocenters. The van der Waals surface area contributed by atoms with Crippen molar-refractivity contribution < 1.29 is 5.11 Å². The molecular weight excluding hydrogens is 226 g/mol. The maximum atomic E-state index is 8.82. The van der Waals surface area contributed by atoms with Crippen LogP contribution in [0.3, 0.4) is 0 Å². The molecule has 18 heavy (non-hydrogen) atoms. The molecule has 1 aromatic heterocycles. The molecule has 0 spiro atoms. The van der Waals surface area contributed by atoms with Crippen LogP contribution in [0.5, 0.6) is 0 Å². The van der Waals surface area contributed by atoms with E-state index in [1.165, 1.54) is 16.7 Å². The molecule has 0 fully saturated rings. The predicted octanol–water partition coefficient (Wildman–Crippen LogP) is 2.10. The Balaban J connectivity index is 1.97. The summed E-state index contributed by atoms with van der Waals surface area (Å²) in [6.45, 7) is 5.61. The Hall–Kier alpha value is -1.81. The lowest BCUT2D eigenvalue weighted by Crippen LogP contribution is -2.05. The minimum absolute atomic E-state index is 0.109. The van der Waals surface area contributed by atoms with Crippen LogP contribution >= 0.6 is 0 Å². The number of hydrogen-bond donors (Lipinski definition) is 2. The standard InChI is InChI=1S/C14H19N3O/c1-11-7-12(2)9-13(8-11)10-15-14-3-4-17(16-14)5-6-18/h3-4,7-9,18H,5-6,10H2,1-2H3,(H,15,16). The molecule has 0 aliphatic heterocycles. The molecule has 2 N–H and O–H groups in total. The molecular formula is C14H19N3O. The second-order valence-corrected chi connectivity index (χ2v) is 4.54. The van der Waals surface area contributed by atoms with Gasteiger partial charge >= 0.3 is 0 Å². The fourth-order valence-corrected chi connectivity index (χ4v) is 2.05. The van der Waals surface area contributed by atoms with E-state index in [1.807, 2.05) is 12.3 Å². The molecule has 2 rings (SSSR count). The van der Waals surface area contributed by atoms with Crippen LogP contribution in [-0.2, 0) is 13.1 Å². The zero-order valence-corrected chi connectivity index (χ0v) is 10.8. The number of benzene rings is 1. The molecule has 0 aliphatic rings. The number of hydrogen-bond acceptors (Lipinski definition) is 3. The topological polar surface area (TPSA) is 50.1 Å². The number of rotatable bonds is 5. The first-order chi connectivity index (χ1) is 8.67. The summed E-state index contributed by atoms with van der Waals surface area (Å²) in [6, 6.07) is 8.42. The van der Waals surface area contributed by atoms with Crippen molar-refractivity contribution in [2.24, 2.45) is 0 Å². The van der Waals surface area contributed by atoms with Crippen molar-refractivity contribution in [3.8, 4) is 0 Å². The SMILES string of the molecule is Cc1cc(C)cc(CNc2ccn(CCO)n2)c1. The highest BCUT2D eigenvalue weighted by atomic mass is 16.3. The Bertz CT molecular complexity index is 499. The Morgan fingerprint density at radius 2 is 1.94 bits per heavy atom. The number of aromatic nitrogens is 2. The highest BCUT2D eigenvalue weighted by molar-refractivity contribution is 5.36. The zero-order chi connectivity index (χ0) is 13.0. The van der Waals surface area contributed by atoms with Gasteiger partial charge in [0, 0.05) is 18.8 Å². The smallest absolute Gasteiger partial charge is 0.148 e. The minimum Gasteiger partial charge on any atom is -0.394 e. The number of aryl methyl sites for hydroxylation is 2. The van der Waals surface area contributed by atoms with Crippen molar-refractivity contribution in [1.82, 2.24) is 9.78 Å². The summed E-state index contributed by atoms with van der Waals surface area (Å²) in [4.78, 5) is 0. The first-order valence-corrected chi connectivity index (χ1v) is 6.13. The molecule has 0 atom stereocenters. The molecule has 0 amide bonds. The molecule has 96 valence electrons. The van der Waals surface area contributed by atoms with Gasteiger partial charge in [-0.1, -0.05) is 29.3 Å². The largest absolute Gasteiger partial charge is 0.394 e. The highest BCUT2D eigenvalue weighted by Crippen LogP contribution is 2.11. The summed E-state index contributed by atoms with van der Waals surface area (Å²) >= 11 is 0. The van der Waals surface area contributed by atoms with Crippen molar-refractivity contribution in [2.45, 2.75) is 26.9 Å². The maximum Gasteiger partial charge on any atom is 0.148 e. The minimum atomic E-state index is 0.109. The molecule has 0 radical (unpaired) electrons. The second kappa shape index (κ2) is 5.69. The zero-order valence-electron chi connectivity index (χ0n) is 10.8. The third kappa shape index (κ3) is 3.34. The van der Waals surface area contributed by atoms with Crippen LogP contribution in [0.25, 0.3) is 0 Å². The average molecular weight is 245 g/mol. The fraction of sp³-hybridized carbons (Fsp3) is 0.357. The predicted molar refractivity (Wildman–Crippen MR) is 72.6 cm³/mol. The van der Waals surface area contributed by atoms with E-state index in [0.717, 1.165) is 12.4 Å². The molecule has 0 saturated carbocycles. The Morgan fingerprint density at radius 1 is 1.22 bits per heavy atom. The van der Waals surface area contributed by atoms with Crippen LogP contribution in [0.4, 0.5) is 5.82 Å². The van der Waals surface area contributed by atoms with Crippen LogP contribution in [0.15, 0.2) is 30.5 Å². The Kier molecular flexibility index (Phi) is 3.99. The third-order valence-electron chi connectivity index (χ3n) is 2.72. The van der Waals surface area contributed by atoms with E-state index in [4.69, 9.17) is 5.11 Å². The lowest BCUT2D eigenvalue weighted by atomic mass is 10.1. The van der Waals surface area contributed by atoms with Crippen LogP contribution < -0.4 is 5.32 Å². The summed E-state index contributed by atoms with van der Waals surface area (Å²) < 4.78 is 1.73. The lowest BCUT2D eigenvalue weighted by molar-refractivity contribution is 0.269. The monoisotopic (exact) mass is 245 g/mol. The number of aliphatic hydroxyl groups is 1. The van der Waals surface area contributed by atoms with E-state index in [-0.39, 0.29) is 6.61 Å². The summed E-state index contributed by atoms with van der Waals surface area (Å²) in [5, 5.41) is 16.4. The van der Waals surface area contributed by atoms with Crippen LogP contribution in [-0.4, -0.2) is 21.5 Å². The van der Waals surface area contributed by atoms with E-state index in [0.29, 0.717) is 6.54 Å². The van der Waals surface area contributed by atoms with Gasteiger partial charge in [0.2, 0.25) is 0 Å². The van der Waals surface area contributed by atoms with E-state index >= 15 is 0 Å². The Morgan fingerprint density at radius 3 is 2.61 bits per heavy atom.